The van der Waals surface area contributed by atoms with Gasteiger partial charge in [0.1, 0.15) is 0 Å². The Labute approximate surface area is 70.2 Å². The maximum absolute atomic E-state index is 9.04. The summed E-state index contributed by atoms with van der Waals surface area (Å²) in [7, 11) is 4.95. The third-order valence-corrected chi connectivity index (χ3v) is 4.09. The fourth-order valence-electron chi connectivity index (χ4n) is 0.784. The van der Waals surface area contributed by atoms with Crippen LogP contribution in [0.2, 0.25) is 4.71 Å². The molecule has 0 aromatic carbocycles. The van der Waals surface area contributed by atoms with Crippen LogP contribution < -0.4 is 5.73 Å². The van der Waals surface area contributed by atoms with Crippen LogP contribution in [0.5, 0.6) is 0 Å². The second-order valence-electron chi connectivity index (χ2n) is 2.12. The zero-order valence-corrected chi connectivity index (χ0v) is 8.01. The van der Waals surface area contributed by atoms with Crippen LogP contribution >= 0.6 is 10.4 Å². The molecule has 10 heavy (non-hydrogen) atoms. The number of hydrogen-bond donors (Lipinski definition) is 2. The molecule has 0 aromatic rings. The van der Waals surface area contributed by atoms with Crippen LogP contribution in [0.4, 0.5) is 0 Å². The van der Waals surface area contributed by atoms with Crippen molar-refractivity contribution in [3.63, 3.8) is 0 Å². The zero-order valence-electron chi connectivity index (χ0n) is 5.32. The van der Waals surface area contributed by atoms with E-state index >= 15 is 0 Å². The van der Waals surface area contributed by atoms with E-state index in [1.807, 2.05) is 6.08 Å². The van der Waals surface area contributed by atoms with Crippen molar-refractivity contribution in [2.45, 2.75) is 11.1 Å². The SMILES string of the molecule is NC1=CC([As]=S)CC=C1O. The van der Waals surface area contributed by atoms with Gasteiger partial charge >= 0.3 is 70.0 Å². The molecular formula is C6H8AsNOS. The molecule has 4 heteroatoms. The number of nitrogens with two attached hydrogens (primary N) is 1. The van der Waals surface area contributed by atoms with Crippen LogP contribution in [0.15, 0.2) is 23.6 Å². The molecule has 0 aromatic heterocycles. The number of aliphatic hydroxyl groups is 1. The van der Waals surface area contributed by atoms with E-state index in [2.05, 4.69) is 0 Å². The quantitative estimate of drug-likeness (QED) is 0.650. The van der Waals surface area contributed by atoms with Crippen LogP contribution in [-0.4, -0.2) is 19.2 Å². The molecule has 54 valence electrons. The molecule has 1 rings (SSSR count). The van der Waals surface area contributed by atoms with E-state index in [9.17, 15) is 0 Å². The van der Waals surface area contributed by atoms with Crippen molar-refractivity contribution in [2.24, 2.45) is 5.73 Å². The van der Waals surface area contributed by atoms with Crippen LogP contribution in [-0.2, 0) is 0 Å². The van der Waals surface area contributed by atoms with Crippen molar-refractivity contribution < 1.29 is 5.11 Å². The molecule has 1 atom stereocenters. The normalized spacial score (nSPS) is 25.8. The maximum atomic E-state index is 9.04. The molecule has 0 heterocycles. The van der Waals surface area contributed by atoms with Gasteiger partial charge in [0.15, 0.2) is 0 Å². The number of aliphatic hydroxyl groups excluding tert-OH is 1. The van der Waals surface area contributed by atoms with Crippen LogP contribution in [0.25, 0.3) is 0 Å². The van der Waals surface area contributed by atoms with Crippen molar-refractivity contribution in [3.8, 4) is 0 Å². The summed E-state index contributed by atoms with van der Waals surface area (Å²) in [6, 6.07) is 0. The molecule has 3 N–H and O–H groups in total. The average Bonchev–Trinajstić information content (AvgIpc) is 1.95. The Morgan fingerprint density at radius 3 is 3.00 bits per heavy atom. The van der Waals surface area contributed by atoms with Gasteiger partial charge in [0.05, 0.1) is 0 Å². The summed E-state index contributed by atoms with van der Waals surface area (Å²) in [5, 5.41) is 9.04. The van der Waals surface area contributed by atoms with Gasteiger partial charge < -0.3 is 0 Å². The Morgan fingerprint density at radius 1 is 1.80 bits per heavy atom. The summed E-state index contributed by atoms with van der Waals surface area (Å²) in [6.07, 6.45) is 4.46. The molecule has 0 saturated carbocycles. The van der Waals surface area contributed by atoms with Gasteiger partial charge in [-0.3, -0.25) is 0 Å². The predicted octanol–water partition coefficient (Wildman–Crippen LogP) is 1.28. The zero-order chi connectivity index (χ0) is 7.56. The fourth-order valence-corrected chi connectivity index (χ4v) is 2.41. The predicted molar refractivity (Wildman–Crippen MR) is 44.7 cm³/mol. The van der Waals surface area contributed by atoms with Crippen LogP contribution in [0, 0.1) is 0 Å². The Balaban J connectivity index is 2.75. The first-order valence-corrected chi connectivity index (χ1v) is 6.68. The monoisotopic (exact) mass is 217 g/mol. The summed E-state index contributed by atoms with van der Waals surface area (Å²) < 4.78 is 0.433. The van der Waals surface area contributed by atoms with E-state index < -0.39 is 0 Å². The summed E-state index contributed by atoms with van der Waals surface area (Å²) >= 11 is -0.0620. The van der Waals surface area contributed by atoms with Gasteiger partial charge in [0, 0.05) is 0 Å². The van der Waals surface area contributed by atoms with Gasteiger partial charge in [0.2, 0.25) is 0 Å². The van der Waals surface area contributed by atoms with Gasteiger partial charge in [-0.05, 0) is 0 Å². The first-order valence-electron chi connectivity index (χ1n) is 2.93. The van der Waals surface area contributed by atoms with Crippen molar-refractivity contribution in [3.05, 3.63) is 23.6 Å². The Hall–Kier alpha value is -0.142. The van der Waals surface area contributed by atoms with Gasteiger partial charge in [-0.15, -0.1) is 0 Å². The van der Waals surface area contributed by atoms with E-state index in [1.54, 1.807) is 6.08 Å². The molecule has 1 unspecified atom stereocenters. The van der Waals surface area contributed by atoms with Crippen molar-refractivity contribution in [2.75, 3.05) is 0 Å². The Kier molecular flexibility index (Phi) is 2.63. The van der Waals surface area contributed by atoms with Gasteiger partial charge in [-0.1, -0.05) is 0 Å². The third kappa shape index (κ3) is 1.67. The third-order valence-electron chi connectivity index (χ3n) is 1.36. The molecule has 0 radical (unpaired) electrons. The van der Waals surface area contributed by atoms with Crippen molar-refractivity contribution >= 4 is 24.5 Å². The molecule has 0 spiro atoms. The van der Waals surface area contributed by atoms with E-state index in [4.69, 9.17) is 21.2 Å². The number of allylic oxidation sites excluding steroid dienone is 2. The Morgan fingerprint density at radius 2 is 2.50 bits per heavy atom. The first-order chi connectivity index (χ1) is 4.74. The molecular weight excluding hydrogens is 209 g/mol. The second-order valence-corrected chi connectivity index (χ2v) is 5.05. The molecule has 0 aliphatic heterocycles. The molecule has 0 saturated heterocycles. The second kappa shape index (κ2) is 3.31. The minimum atomic E-state index is -0.0620. The molecule has 1 aliphatic rings. The first kappa shape index (κ1) is 7.96. The summed E-state index contributed by atoms with van der Waals surface area (Å²) in [5.41, 5.74) is 5.94. The molecule has 1 aliphatic carbocycles. The minimum absolute atomic E-state index is 0.0620. The fraction of sp³-hybridized carbons (Fsp3) is 0.333. The standard InChI is InChI=1S/C6H8AsNOS/c8-5-3-4(7-10)1-2-6(5)9/h2-4,9H,1,8H2. The average molecular weight is 217 g/mol. The van der Waals surface area contributed by atoms with Crippen molar-refractivity contribution in [1.29, 1.82) is 0 Å². The van der Waals surface area contributed by atoms with E-state index in [0.717, 1.165) is 6.42 Å². The molecule has 0 amide bonds. The Bertz CT molecular complexity index is 212. The molecule has 2 nitrogen and oxygen atoms in total. The summed E-state index contributed by atoms with van der Waals surface area (Å²) in [5.74, 6) is 0.209. The summed E-state index contributed by atoms with van der Waals surface area (Å²) in [6.45, 7) is 0. The number of rotatable bonds is 1. The van der Waals surface area contributed by atoms with Crippen molar-refractivity contribution in [1.82, 2.24) is 0 Å². The summed E-state index contributed by atoms with van der Waals surface area (Å²) in [4.78, 5) is 0. The van der Waals surface area contributed by atoms with Crippen LogP contribution in [0.3, 0.4) is 0 Å². The molecule has 0 fully saturated rings. The van der Waals surface area contributed by atoms with E-state index in [1.165, 1.54) is 0 Å². The van der Waals surface area contributed by atoms with Gasteiger partial charge in [0.25, 0.3) is 0 Å². The topological polar surface area (TPSA) is 46.2 Å². The number of hydrogen-bond acceptors (Lipinski definition) is 3. The van der Waals surface area contributed by atoms with Crippen LogP contribution in [0.1, 0.15) is 6.42 Å². The van der Waals surface area contributed by atoms with E-state index in [0.29, 0.717) is 10.4 Å². The van der Waals surface area contributed by atoms with Gasteiger partial charge in [-0.25, -0.2) is 0 Å². The molecule has 0 bridgehead atoms. The van der Waals surface area contributed by atoms with E-state index in [-0.39, 0.29) is 19.8 Å². The van der Waals surface area contributed by atoms with Gasteiger partial charge in [-0.2, -0.15) is 0 Å².